The fraction of sp³-hybridized carbons (Fsp3) is 0.533. The molecule has 1 nitrogen and oxygen atoms in total. The van der Waals surface area contributed by atoms with Crippen LogP contribution in [0.3, 0.4) is 0 Å². The minimum absolute atomic E-state index is 0.458. The minimum atomic E-state index is -0.928. The van der Waals surface area contributed by atoms with Crippen LogP contribution in [0.25, 0.3) is 11.1 Å². The summed E-state index contributed by atoms with van der Waals surface area (Å²) in [6.45, 7) is 4.52. The summed E-state index contributed by atoms with van der Waals surface area (Å²) in [6.07, 6.45) is 17.8. The standard InChI is InChI=1S/C30H42OS2/c1-3-5-7-9-23-32-29-19-15-27(16-20-29)28-17-21-30(22-18-28)33(31)24-26-13-11-25(12-14-26)10-8-6-4-2/h11,13,15-22,25-26H,3-10,12,14,23-24H2,1-2H3. The fourth-order valence-electron chi connectivity index (χ4n) is 4.52. The lowest BCUT2D eigenvalue weighted by atomic mass is 9.86. The summed E-state index contributed by atoms with van der Waals surface area (Å²) in [4.78, 5) is 2.30. The van der Waals surface area contributed by atoms with Crippen LogP contribution in [0.5, 0.6) is 0 Å². The largest absolute Gasteiger partial charge is 0.254 e. The highest BCUT2D eigenvalue weighted by Crippen LogP contribution is 2.29. The van der Waals surface area contributed by atoms with Gasteiger partial charge in [0.25, 0.3) is 0 Å². The molecule has 0 N–H and O–H groups in total. The molecule has 1 aliphatic rings. The van der Waals surface area contributed by atoms with E-state index in [4.69, 9.17) is 0 Å². The zero-order valence-corrected chi connectivity index (χ0v) is 22.3. The zero-order chi connectivity index (χ0) is 23.3. The quantitative estimate of drug-likeness (QED) is 0.152. The van der Waals surface area contributed by atoms with Crippen LogP contribution in [-0.4, -0.2) is 15.7 Å². The lowest BCUT2D eigenvalue weighted by Gasteiger charge is -2.22. The van der Waals surface area contributed by atoms with Crippen LogP contribution < -0.4 is 0 Å². The van der Waals surface area contributed by atoms with Crippen molar-refractivity contribution in [3.8, 4) is 11.1 Å². The van der Waals surface area contributed by atoms with Crippen molar-refractivity contribution in [1.82, 2.24) is 0 Å². The molecule has 3 rings (SSSR count). The molecule has 1 aliphatic carbocycles. The number of hydrogen-bond donors (Lipinski definition) is 0. The molecule has 2 aromatic rings. The Balaban J connectivity index is 1.46. The summed E-state index contributed by atoms with van der Waals surface area (Å²) < 4.78 is 12.9. The van der Waals surface area contributed by atoms with E-state index in [1.165, 1.54) is 86.0 Å². The van der Waals surface area contributed by atoms with E-state index in [1.54, 1.807) is 0 Å². The predicted molar refractivity (Wildman–Crippen MR) is 148 cm³/mol. The average molecular weight is 483 g/mol. The van der Waals surface area contributed by atoms with Gasteiger partial charge in [0.1, 0.15) is 0 Å². The normalized spacial score (nSPS) is 19.0. The van der Waals surface area contributed by atoms with Gasteiger partial charge in [-0.15, -0.1) is 11.8 Å². The molecule has 0 spiro atoms. The molecule has 0 radical (unpaired) electrons. The Hall–Kier alpha value is -1.32. The van der Waals surface area contributed by atoms with Crippen LogP contribution in [0.1, 0.15) is 78.1 Å². The van der Waals surface area contributed by atoms with Crippen LogP contribution in [0.15, 0.2) is 70.5 Å². The van der Waals surface area contributed by atoms with Crippen molar-refractivity contribution in [2.75, 3.05) is 11.5 Å². The van der Waals surface area contributed by atoms with Gasteiger partial charge in [0.15, 0.2) is 0 Å². The lowest BCUT2D eigenvalue weighted by Crippen LogP contribution is -2.15. The van der Waals surface area contributed by atoms with Crippen molar-refractivity contribution >= 4 is 22.6 Å². The minimum Gasteiger partial charge on any atom is -0.254 e. The van der Waals surface area contributed by atoms with Gasteiger partial charge < -0.3 is 0 Å². The van der Waals surface area contributed by atoms with E-state index in [0.29, 0.717) is 5.92 Å². The van der Waals surface area contributed by atoms with E-state index in [2.05, 4.69) is 74.5 Å². The van der Waals surface area contributed by atoms with Gasteiger partial charge in [0.2, 0.25) is 0 Å². The second-order valence-electron chi connectivity index (χ2n) is 9.45. The van der Waals surface area contributed by atoms with Gasteiger partial charge in [0.05, 0.1) is 10.8 Å². The Morgan fingerprint density at radius 1 is 0.758 bits per heavy atom. The summed E-state index contributed by atoms with van der Waals surface area (Å²) in [7, 11) is -0.928. The fourth-order valence-corrected chi connectivity index (χ4v) is 6.73. The van der Waals surface area contributed by atoms with Crippen LogP contribution in [0.2, 0.25) is 0 Å². The molecule has 0 saturated heterocycles. The molecule has 3 atom stereocenters. The van der Waals surface area contributed by atoms with E-state index in [9.17, 15) is 4.21 Å². The van der Waals surface area contributed by atoms with E-state index in [0.717, 1.165) is 16.6 Å². The summed E-state index contributed by atoms with van der Waals surface area (Å²) in [5.41, 5.74) is 2.43. The third kappa shape index (κ3) is 9.09. The van der Waals surface area contributed by atoms with Gasteiger partial charge in [-0.1, -0.05) is 88.8 Å². The SMILES string of the molecule is CCCCCCSc1ccc(-c2ccc(S(=O)CC3C=CC(CCCCC)CC3)cc2)cc1. The summed E-state index contributed by atoms with van der Waals surface area (Å²) >= 11 is 1.96. The Morgan fingerprint density at radius 2 is 1.36 bits per heavy atom. The highest BCUT2D eigenvalue weighted by Gasteiger charge is 2.18. The number of unbranched alkanes of at least 4 members (excludes halogenated alkanes) is 5. The van der Waals surface area contributed by atoms with Crippen molar-refractivity contribution in [1.29, 1.82) is 0 Å². The monoisotopic (exact) mass is 482 g/mol. The van der Waals surface area contributed by atoms with Gasteiger partial charge in [-0.2, -0.15) is 0 Å². The Morgan fingerprint density at radius 3 is 2.00 bits per heavy atom. The molecule has 3 heteroatoms. The molecule has 0 saturated carbocycles. The molecular weight excluding hydrogens is 440 g/mol. The van der Waals surface area contributed by atoms with Crippen LogP contribution in [0, 0.1) is 11.8 Å². The third-order valence-corrected chi connectivity index (χ3v) is 9.31. The zero-order valence-electron chi connectivity index (χ0n) is 20.6. The van der Waals surface area contributed by atoms with E-state index >= 15 is 0 Å². The highest BCUT2D eigenvalue weighted by molar-refractivity contribution is 7.99. The Bertz CT molecular complexity index is 854. The van der Waals surface area contributed by atoms with Gasteiger partial charge in [-0.25, -0.2) is 0 Å². The number of hydrogen-bond acceptors (Lipinski definition) is 2. The first-order chi connectivity index (χ1) is 16.2. The maximum absolute atomic E-state index is 12.9. The summed E-state index contributed by atoms with van der Waals surface area (Å²) in [5, 5.41) is 0. The van der Waals surface area contributed by atoms with Crippen LogP contribution in [-0.2, 0) is 10.8 Å². The molecule has 0 aromatic heterocycles. The number of benzene rings is 2. The molecule has 0 bridgehead atoms. The topological polar surface area (TPSA) is 17.1 Å². The van der Waals surface area contributed by atoms with Crippen molar-refractivity contribution in [2.24, 2.45) is 11.8 Å². The van der Waals surface area contributed by atoms with Crippen LogP contribution >= 0.6 is 11.8 Å². The van der Waals surface area contributed by atoms with Gasteiger partial charge in [0, 0.05) is 15.5 Å². The Kier molecular flexibility index (Phi) is 11.8. The first-order valence-electron chi connectivity index (χ1n) is 13.1. The molecule has 0 aliphatic heterocycles. The van der Waals surface area contributed by atoms with E-state index < -0.39 is 10.8 Å². The van der Waals surface area contributed by atoms with E-state index in [-0.39, 0.29) is 0 Å². The van der Waals surface area contributed by atoms with Crippen molar-refractivity contribution in [3.63, 3.8) is 0 Å². The molecule has 3 unspecified atom stereocenters. The second-order valence-corrected chi connectivity index (χ2v) is 12.1. The molecule has 33 heavy (non-hydrogen) atoms. The predicted octanol–water partition coefficient (Wildman–Crippen LogP) is 9.30. The first kappa shape index (κ1) is 26.3. The lowest BCUT2D eigenvalue weighted by molar-refractivity contribution is 0.438. The van der Waals surface area contributed by atoms with Crippen molar-refractivity contribution in [2.45, 2.75) is 87.8 Å². The van der Waals surface area contributed by atoms with E-state index in [1.807, 2.05) is 11.8 Å². The maximum Gasteiger partial charge on any atom is 0.0535 e. The first-order valence-corrected chi connectivity index (χ1v) is 15.4. The molecule has 180 valence electrons. The second kappa shape index (κ2) is 14.8. The average Bonchev–Trinajstić information content (AvgIpc) is 2.86. The number of rotatable bonds is 14. The summed E-state index contributed by atoms with van der Waals surface area (Å²) in [6, 6.07) is 17.3. The van der Waals surface area contributed by atoms with Gasteiger partial charge in [-0.3, -0.25) is 4.21 Å². The molecular formula is C30H42OS2. The maximum atomic E-state index is 12.9. The number of allylic oxidation sites excluding steroid dienone is 2. The third-order valence-electron chi connectivity index (χ3n) is 6.68. The smallest absolute Gasteiger partial charge is 0.0535 e. The highest BCUT2D eigenvalue weighted by atomic mass is 32.2. The molecule has 2 aromatic carbocycles. The molecule has 0 heterocycles. The Labute approximate surface area is 209 Å². The van der Waals surface area contributed by atoms with Crippen molar-refractivity contribution < 1.29 is 4.21 Å². The van der Waals surface area contributed by atoms with Gasteiger partial charge >= 0.3 is 0 Å². The number of thioether (sulfide) groups is 1. The summed E-state index contributed by atoms with van der Waals surface area (Å²) in [5.74, 6) is 3.16. The molecule has 0 amide bonds. The van der Waals surface area contributed by atoms with Crippen LogP contribution in [0.4, 0.5) is 0 Å². The van der Waals surface area contributed by atoms with Crippen molar-refractivity contribution in [3.05, 3.63) is 60.7 Å². The van der Waals surface area contributed by atoms with Gasteiger partial charge in [-0.05, 0) is 78.7 Å². The molecule has 0 fully saturated rings.